The lowest BCUT2D eigenvalue weighted by molar-refractivity contribution is -0.137. The molecule has 0 saturated heterocycles. The van der Waals surface area contributed by atoms with Crippen molar-refractivity contribution >= 4 is 11.9 Å². The lowest BCUT2D eigenvalue weighted by atomic mass is 10.2. The van der Waals surface area contributed by atoms with Crippen LogP contribution in [0.25, 0.3) is 0 Å². The van der Waals surface area contributed by atoms with Crippen LogP contribution in [-0.2, 0) is 19.1 Å². The second-order valence-corrected chi connectivity index (χ2v) is 3.06. The molecule has 0 bridgehead atoms. The van der Waals surface area contributed by atoms with Gasteiger partial charge in [-0.1, -0.05) is 13.5 Å². The summed E-state index contributed by atoms with van der Waals surface area (Å²) in [5, 5.41) is 0. The molecule has 0 amide bonds. The number of carbonyl (C=O) groups excluding carboxylic acids is 2. The molecule has 0 fully saturated rings. The van der Waals surface area contributed by atoms with E-state index in [1.807, 2.05) is 0 Å². The maximum atomic E-state index is 11.2. The summed E-state index contributed by atoms with van der Waals surface area (Å²) >= 11 is 0. The summed E-state index contributed by atoms with van der Waals surface area (Å²) in [5.74, 6) is -0.716. The number of methoxy groups -OCH3 is 1. The summed E-state index contributed by atoms with van der Waals surface area (Å²) < 4.78 is 9.51. The molecule has 0 aliphatic rings. The molecule has 0 atom stereocenters. The molecule has 4 heteroatoms. The molecule has 0 radical (unpaired) electrons. The van der Waals surface area contributed by atoms with E-state index in [4.69, 9.17) is 4.74 Å². The van der Waals surface area contributed by atoms with Crippen LogP contribution >= 0.6 is 0 Å². The topological polar surface area (TPSA) is 52.6 Å². The highest BCUT2D eigenvalue weighted by molar-refractivity contribution is 5.91. The quantitative estimate of drug-likeness (QED) is 0.406. The standard InChI is InChI=1S/C11H16O4/c1-6-9(8(4)11(13)14-5)15-10(12)7(2)3/h2,6H2,1,3-5H3. The van der Waals surface area contributed by atoms with Gasteiger partial charge in [-0.25, -0.2) is 9.59 Å². The average molecular weight is 212 g/mol. The molecule has 84 valence electrons. The number of esters is 2. The molecular formula is C11H16O4. The molecule has 0 aromatic heterocycles. The lowest BCUT2D eigenvalue weighted by Crippen LogP contribution is -2.11. The summed E-state index contributed by atoms with van der Waals surface area (Å²) in [7, 11) is 1.28. The molecule has 0 aromatic carbocycles. The van der Waals surface area contributed by atoms with Crippen molar-refractivity contribution in [3.63, 3.8) is 0 Å². The molecule has 0 saturated carbocycles. The van der Waals surface area contributed by atoms with Crippen molar-refractivity contribution in [1.29, 1.82) is 0 Å². The normalized spacial score (nSPS) is 11.5. The van der Waals surface area contributed by atoms with Crippen molar-refractivity contribution in [2.75, 3.05) is 7.11 Å². The van der Waals surface area contributed by atoms with Gasteiger partial charge in [0.05, 0.1) is 12.7 Å². The lowest BCUT2D eigenvalue weighted by Gasteiger charge is -2.09. The number of hydrogen-bond acceptors (Lipinski definition) is 4. The van der Waals surface area contributed by atoms with Crippen molar-refractivity contribution in [1.82, 2.24) is 0 Å². The first-order chi connectivity index (χ1) is 6.93. The molecule has 0 aliphatic heterocycles. The average Bonchev–Trinajstić information content (AvgIpc) is 2.23. The van der Waals surface area contributed by atoms with E-state index in [1.165, 1.54) is 7.11 Å². The predicted octanol–water partition coefficient (Wildman–Crippen LogP) is 1.96. The largest absolute Gasteiger partial charge is 0.466 e. The Balaban J connectivity index is 4.83. The van der Waals surface area contributed by atoms with Crippen LogP contribution in [0.4, 0.5) is 0 Å². The Labute approximate surface area is 89.6 Å². The third-order valence-electron chi connectivity index (χ3n) is 1.80. The Kier molecular flexibility index (Phi) is 5.37. The Morgan fingerprint density at radius 3 is 2.07 bits per heavy atom. The highest BCUT2D eigenvalue weighted by atomic mass is 16.5. The fourth-order valence-electron chi connectivity index (χ4n) is 0.880. The van der Waals surface area contributed by atoms with Crippen LogP contribution in [0.5, 0.6) is 0 Å². The summed E-state index contributed by atoms with van der Waals surface area (Å²) in [4.78, 5) is 22.4. The van der Waals surface area contributed by atoms with Gasteiger partial charge in [0.25, 0.3) is 0 Å². The van der Waals surface area contributed by atoms with Gasteiger partial charge >= 0.3 is 11.9 Å². The Morgan fingerprint density at radius 2 is 1.73 bits per heavy atom. The molecule has 0 aliphatic carbocycles. The summed E-state index contributed by atoms with van der Waals surface area (Å²) in [6, 6.07) is 0. The van der Waals surface area contributed by atoms with Crippen LogP contribution in [0.1, 0.15) is 27.2 Å². The van der Waals surface area contributed by atoms with Crippen molar-refractivity contribution in [2.24, 2.45) is 0 Å². The summed E-state index contributed by atoms with van der Waals surface area (Å²) in [5.41, 5.74) is 0.591. The maximum absolute atomic E-state index is 11.2. The summed E-state index contributed by atoms with van der Waals surface area (Å²) in [6.07, 6.45) is 0.444. The zero-order valence-electron chi connectivity index (χ0n) is 9.55. The third-order valence-corrected chi connectivity index (χ3v) is 1.80. The predicted molar refractivity (Wildman–Crippen MR) is 55.9 cm³/mol. The molecule has 0 unspecified atom stereocenters. The molecule has 0 rings (SSSR count). The van der Waals surface area contributed by atoms with Gasteiger partial charge in [0.1, 0.15) is 5.76 Å². The van der Waals surface area contributed by atoms with Crippen LogP contribution in [-0.4, -0.2) is 19.0 Å². The van der Waals surface area contributed by atoms with Gasteiger partial charge in [-0.15, -0.1) is 0 Å². The molecule has 4 nitrogen and oxygen atoms in total. The van der Waals surface area contributed by atoms with Gasteiger partial charge in [0.2, 0.25) is 0 Å². The number of allylic oxidation sites excluding steroid dienone is 1. The van der Waals surface area contributed by atoms with E-state index in [9.17, 15) is 9.59 Å². The van der Waals surface area contributed by atoms with Crippen molar-refractivity contribution < 1.29 is 19.1 Å². The minimum Gasteiger partial charge on any atom is -0.466 e. The zero-order chi connectivity index (χ0) is 12.0. The van der Waals surface area contributed by atoms with E-state index in [2.05, 4.69) is 11.3 Å². The van der Waals surface area contributed by atoms with E-state index in [0.717, 1.165) is 0 Å². The highest BCUT2D eigenvalue weighted by Crippen LogP contribution is 2.13. The third kappa shape index (κ3) is 3.97. The van der Waals surface area contributed by atoms with E-state index in [1.54, 1.807) is 20.8 Å². The van der Waals surface area contributed by atoms with Crippen LogP contribution in [0.15, 0.2) is 23.5 Å². The Bertz CT molecular complexity index is 313. The van der Waals surface area contributed by atoms with E-state index in [-0.39, 0.29) is 0 Å². The van der Waals surface area contributed by atoms with Crippen LogP contribution in [0.3, 0.4) is 0 Å². The highest BCUT2D eigenvalue weighted by Gasteiger charge is 2.14. The number of hydrogen-bond donors (Lipinski definition) is 0. The van der Waals surface area contributed by atoms with Gasteiger partial charge < -0.3 is 9.47 Å². The van der Waals surface area contributed by atoms with Gasteiger partial charge in [-0.3, -0.25) is 0 Å². The number of carbonyl (C=O) groups is 2. The second kappa shape index (κ2) is 6.01. The fourth-order valence-corrected chi connectivity index (χ4v) is 0.880. The van der Waals surface area contributed by atoms with Crippen molar-refractivity contribution in [3.05, 3.63) is 23.5 Å². The van der Waals surface area contributed by atoms with E-state index < -0.39 is 11.9 Å². The molecule has 0 aromatic rings. The van der Waals surface area contributed by atoms with E-state index >= 15 is 0 Å². The second-order valence-electron chi connectivity index (χ2n) is 3.06. The molecule has 0 spiro atoms. The van der Waals surface area contributed by atoms with Gasteiger partial charge in [-0.05, 0) is 13.8 Å². The number of ether oxygens (including phenoxy) is 2. The first-order valence-corrected chi connectivity index (χ1v) is 4.59. The van der Waals surface area contributed by atoms with Crippen LogP contribution in [0.2, 0.25) is 0 Å². The Morgan fingerprint density at radius 1 is 1.20 bits per heavy atom. The minimum absolute atomic E-state index is 0.290. The van der Waals surface area contributed by atoms with Gasteiger partial charge in [-0.2, -0.15) is 0 Å². The SMILES string of the molecule is C=C(C)C(=O)OC(CC)=C(C)C(=O)OC. The smallest absolute Gasteiger partial charge is 0.338 e. The molecule has 0 heterocycles. The summed E-state index contributed by atoms with van der Waals surface area (Å²) in [6.45, 7) is 8.34. The zero-order valence-corrected chi connectivity index (χ0v) is 9.55. The van der Waals surface area contributed by atoms with Crippen molar-refractivity contribution in [2.45, 2.75) is 27.2 Å². The van der Waals surface area contributed by atoms with Gasteiger partial charge in [0.15, 0.2) is 0 Å². The first kappa shape index (κ1) is 13.4. The molecular weight excluding hydrogens is 196 g/mol. The minimum atomic E-state index is -0.532. The molecule has 0 N–H and O–H groups in total. The van der Waals surface area contributed by atoms with Crippen LogP contribution in [0, 0.1) is 0 Å². The molecule has 15 heavy (non-hydrogen) atoms. The maximum Gasteiger partial charge on any atom is 0.338 e. The Hall–Kier alpha value is -1.58. The van der Waals surface area contributed by atoms with Crippen molar-refractivity contribution in [3.8, 4) is 0 Å². The fraction of sp³-hybridized carbons (Fsp3) is 0.455. The number of rotatable bonds is 4. The van der Waals surface area contributed by atoms with Gasteiger partial charge in [0, 0.05) is 12.0 Å². The monoisotopic (exact) mass is 212 g/mol. The first-order valence-electron chi connectivity index (χ1n) is 4.59. The van der Waals surface area contributed by atoms with E-state index in [0.29, 0.717) is 23.3 Å². The van der Waals surface area contributed by atoms with Crippen LogP contribution < -0.4 is 0 Å².